The third-order valence-electron chi connectivity index (χ3n) is 4.39. The molecule has 24 heavy (non-hydrogen) atoms. The zero-order valence-corrected chi connectivity index (χ0v) is 14.1. The Morgan fingerprint density at radius 1 is 1.08 bits per heavy atom. The van der Waals surface area contributed by atoms with Crippen molar-refractivity contribution in [1.82, 2.24) is 9.88 Å². The van der Waals surface area contributed by atoms with Crippen molar-refractivity contribution in [2.45, 2.75) is 13.3 Å². The van der Waals surface area contributed by atoms with Crippen LogP contribution in [0.5, 0.6) is 0 Å². The molecule has 126 valence electrons. The number of pyridine rings is 1. The number of para-hydroxylation sites is 1. The van der Waals surface area contributed by atoms with Gasteiger partial charge >= 0.3 is 0 Å². The maximum Gasteiger partial charge on any atom is 0.238 e. The van der Waals surface area contributed by atoms with Crippen LogP contribution in [0, 0.1) is 0 Å². The highest BCUT2D eigenvalue weighted by atomic mass is 16.2. The second kappa shape index (κ2) is 7.93. The minimum Gasteiger partial charge on any atom is -0.354 e. The molecule has 1 aromatic heterocycles. The summed E-state index contributed by atoms with van der Waals surface area (Å²) in [6.45, 7) is 6.08. The van der Waals surface area contributed by atoms with Crippen molar-refractivity contribution >= 4 is 17.4 Å². The van der Waals surface area contributed by atoms with E-state index in [9.17, 15) is 4.79 Å². The van der Waals surface area contributed by atoms with Gasteiger partial charge in [0.1, 0.15) is 5.82 Å². The molecule has 1 saturated heterocycles. The van der Waals surface area contributed by atoms with Gasteiger partial charge in [-0.15, -0.1) is 0 Å². The summed E-state index contributed by atoms with van der Waals surface area (Å²) in [7, 11) is 0. The highest BCUT2D eigenvalue weighted by Crippen LogP contribution is 2.16. The van der Waals surface area contributed by atoms with Crippen LogP contribution >= 0.6 is 0 Å². The van der Waals surface area contributed by atoms with Gasteiger partial charge in [0.15, 0.2) is 0 Å². The van der Waals surface area contributed by atoms with E-state index < -0.39 is 0 Å². The summed E-state index contributed by atoms with van der Waals surface area (Å²) in [5, 5.41) is 3.05. The number of aromatic nitrogens is 1. The average Bonchev–Trinajstić information content (AvgIpc) is 2.63. The fourth-order valence-corrected chi connectivity index (χ4v) is 3.02. The molecule has 1 aromatic carbocycles. The van der Waals surface area contributed by atoms with Crippen molar-refractivity contribution in [3.05, 3.63) is 54.2 Å². The Bertz CT molecular complexity index is 666. The van der Waals surface area contributed by atoms with Crippen molar-refractivity contribution < 1.29 is 4.79 Å². The summed E-state index contributed by atoms with van der Waals surface area (Å²) in [6, 6.07) is 14.0. The number of nitrogens with one attached hydrogen (secondary N) is 1. The summed E-state index contributed by atoms with van der Waals surface area (Å²) in [5.41, 5.74) is 2.10. The van der Waals surface area contributed by atoms with E-state index in [4.69, 9.17) is 0 Å². The van der Waals surface area contributed by atoms with Crippen LogP contribution in [-0.2, 0) is 11.2 Å². The molecule has 1 aliphatic heterocycles. The number of amides is 1. The highest BCUT2D eigenvalue weighted by molar-refractivity contribution is 5.93. The molecule has 1 amide bonds. The van der Waals surface area contributed by atoms with Crippen LogP contribution in [0.25, 0.3) is 0 Å². The van der Waals surface area contributed by atoms with Crippen LogP contribution in [0.3, 0.4) is 0 Å². The number of hydrogen-bond donors (Lipinski definition) is 1. The van der Waals surface area contributed by atoms with Crippen LogP contribution in [-0.4, -0.2) is 48.5 Å². The second-order valence-electron chi connectivity index (χ2n) is 6.01. The standard InChI is InChI=1S/C19H24N4O/c1-2-16-7-3-4-8-17(16)21-19(24)15-22-11-13-23(14-12-22)18-9-5-6-10-20-18/h3-10H,2,11-15H2,1H3,(H,21,24). The van der Waals surface area contributed by atoms with E-state index in [1.165, 1.54) is 5.56 Å². The van der Waals surface area contributed by atoms with E-state index in [2.05, 4.69) is 33.1 Å². The van der Waals surface area contributed by atoms with Crippen molar-refractivity contribution in [3.63, 3.8) is 0 Å². The summed E-state index contributed by atoms with van der Waals surface area (Å²) in [6.07, 6.45) is 2.74. The Hall–Kier alpha value is -2.40. The van der Waals surface area contributed by atoms with Gasteiger partial charge in [-0.2, -0.15) is 0 Å². The summed E-state index contributed by atoms with van der Waals surface area (Å²) < 4.78 is 0. The molecule has 1 aliphatic rings. The van der Waals surface area contributed by atoms with Gasteiger partial charge in [-0.05, 0) is 30.2 Å². The molecule has 0 unspecified atom stereocenters. The molecular formula is C19H24N4O. The van der Waals surface area contributed by atoms with Gasteiger partial charge in [-0.3, -0.25) is 9.69 Å². The lowest BCUT2D eigenvalue weighted by molar-refractivity contribution is -0.117. The Labute approximate surface area is 143 Å². The lowest BCUT2D eigenvalue weighted by Crippen LogP contribution is -2.48. The van der Waals surface area contributed by atoms with Gasteiger partial charge in [-0.25, -0.2) is 4.98 Å². The summed E-state index contributed by atoms with van der Waals surface area (Å²) >= 11 is 0. The SMILES string of the molecule is CCc1ccccc1NC(=O)CN1CCN(c2ccccn2)CC1. The molecule has 5 heteroatoms. The molecule has 0 saturated carbocycles. The quantitative estimate of drug-likeness (QED) is 0.917. The van der Waals surface area contributed by atoms with Crippen molar-refractivity contribution in [2.75, 3.05) is 42.9 Å². The Morgan fingerprint density at radius 3 is 2.54 bits per heavy atom. The molecule has 1 fully saturated rings. The maximum absolute atomic E-state index is 12.3. The Balaban J connectivity index is 1.50. The molecule has 3 rings (SSSR count). The molecule has 0 bridgehead atoms. The van der Waals surface area contributed by atoms with Crippen LogP contribution < -0.4 is 10.2 Å². The van der Waals surface area contributed by atoms with E-state index >= 15 is 0 Å². The fraction of sp³-hybridized carbons (Fsp3) is 0.368. The molecule has 0 aliphatic carbocycles. The maximum atomic E-state index is 12.3. The van der Waals surface area contributed by atoms with Crippen molar-refractivity contribution in [3.8, 4) is 0 Å². The zero-order chi connectivity index (χ0) is 16.8. The third kappa shape index (κ3) is 4.11. The van der Waals surface area contributed by atoms with Crippen molar-refractivity contribution in [2.24, 2.45) is 0 Å². The predicted molar refractivity (Wildman–Crippen MR) is 97.3 cm³/mol. The number of piperazine rings is 1. The molecule has 2 aromatic rings. The smallest absolute Gasteiger partial charge is 0.238 e. The van der Waals surface area contributed by atoms with Crippen LogP contribution in [0.2, 0.25) is 0 Å². The zero-order valence-electron chi connectivity index (χ0n) is 14.1. The summed E-state index contributed by atoms with van der Waals surface area (Å²) in [5.74, 6) is 1.07. The molecule has 0 atom stereocenters. The molecule has 0 radical (unpaired) electrons. The fourth-order valence-electron chi connectivity index (χ4n) is 3.02. The highest BCUT2D eigenvalue weighted by Gasteiger charge is 2.19. The van der Waals surface area contributed by atoms with Crippen molar-refractivity contribution in [1.29, 1.82) is 0 Å². The number of benzene rings is 1. The molecule has 0 spiro atoms. The normalized spacial score (nSPS) is 15.3. The molecule has 2 heterocycles. The number of nitrogens with zero attached hydrogens (tertiary/aromatic N) is 3. The first-order valence-electron chi connectivity index (χ1n) is 8.52. The number of anilines is 2. The number of carbonyl (C=O) groups excluding carboxylic acids is 1. The van der Waals surface area contributed by atoms with Gasteiger partial charge in [0, 0.05) is 38.1 Å². The van der Waals surface area contributed by atoms with Gasteiger partial charge in [0.25, 0.3) is 0 Å². The first-order chi connectivity index (χ1) is 11.8. The monoisotopic (exact) mass is 324 g/mol. The van der Waals surface area contributed by atoms with Gasteiger partial charge < -0.3 is 10.2 Å². The predicted octanol–water partition coefficient (Wildman–Crippen LogP) is 2.40. The topological polar surface area (TPSA) is 48.5 Å². The minimum atomic E-state index is 0.0576. The minimum absolute atomic E-state index is 0.0576. The molecular weight excluding hydrogens is 300 g/mol. The average molecular weight is 324 g/mol. The van der Waals surface area contributed by atoms with Crippen LogP contribution in [0.15, 0.2) is 48.7 Å². The molecule has 1 N–H and O–H groups in total. The number of carbonyl (C=O) groups is 1. The van der Waals surface area contributed by atoms with Gasteiger partial charge in [0.2, 0.25) is 5.91 Å². The second-order valence-corrected chi connectivity index (χ2v) is 6.01. The lowest BCUT2D eigenvalue weighted by Gasteiger charge is -2.35. The van der Waals surface area contributed by atoms with Crippen LogP contribution in [0.1, 0.15) is 12.5 Å². The number of rotatable bonds is 5. The van der Waals surface area contributed by atoms with E-state index in [1.54, 1.807) is 0 Å². The third-order valence-corrected chi connectivity index (χ3v) is 4.39. The van der Waals surface area contributed by atoms with Crippen LogP contribution in [0.4, 0.5) is 11.5 Å². The van der Waals surface area contributed by atoms with E-state index in [0.29, 0.717) is 6.54 Å². The van der Waals surface area contributed by atoms with E-state index in [0.717, 1.165) is 44.1 Å². The summed E-state index contributed by atoms with van der Waals surface area (Å²) in [4.78, 5) is 21.2. The first-order valence-corrected chi connectivity index (χ1v) is 8.52. The largest absolute Gasteiger partial charge is 0.354 e. The Morgan fingerprint density at radius 2 is 1.83 bits per heavy atom. The molecule has 5 nitrogen and oxygen atoms in total. The van der Waals surface area contributed by atoms with E-state index in [1.807, 2.05) is 42.6 Å². The lowest BCUT2D eigenvalue weighted by atomic mass is 10.1. The Kier molecular flexibility index (Phi) is 5.43. The number of hydrogen-bond acceptors (Lipinski definition) is 4. The van der Waals surface area contributed by atoms with Gasteiger partial charge in [0.05, 0.1) is 6.54 Å². The van der Waals surface area contributed by atoms with E-state index in [-0.39, 0.29) is 5.91 Å². The number of aryl methyl sites for hydroxylation is 1. The first kappa shape index (κ1) is 16.5. The van der Waals surface area contributed by atoms with Gasteiger partial charge in [-0.1, -0.05) is 31.2 Å².